The third-order valence-corrected chi connectivity index (χ3v) is 6.95. The topological polar surface area (TPSA) is 71.3 Å². The van der Waals surface area contributed by atoms with E-state index in [1.165, 1.54) is 0 Å². The van der Waals surface area contributed by atoms with Crippen LogP contribution in [0, 0.1) is 0 Å². The first-order chi connectivity index (χ1) is 18.1. The zero-order chi connectivity index (χ0) is 25.6. The van der Waals surface area contributed by atoms with Gasteiger partial charge in [-0.3, -0.25) is 4.79 Å². The van der Waals surface area contributed by atoms with E-state index in [0.29, 0.717) is 23.8 Å². The normalized spacial score (nSPS) is 11.1. The number of fused-ring (bicyclic) bond motifs is 1. The Morgan fingerprint density at radius 1 is 0.919 bits per heavy atom. The van der Waals surface area contributed by atoms with Crippen LogP contribution < -0.4 is 10.6 Å². The van der Waals surface area contributed by atoms with Crippen molar-refractivity contribution in [3.63, 3.8) is 0 Å². The van der Waals surface area contributed by atoms with Crippen molar-refractivity contribution >= 4 is 44.9 Å². The van der Waals surface area contributed by atoms with Gasteiger partial charge in [0.15, 0.2) is 5.65 Å². The van der Waals surface area contributed by atoms with E-state index >= 15 is 0 Å². The van der Waals surface area contributed by atoms with Crippen molar-refractivity contribution in [1.29, 1.82) is 0 Å². The number of hydrogen-bond donors (Lipinski definition) is 2. The predicted molar refractivity (Wildman–Crippen MR) is 152 cm³/mol. The maximum atomic E-state index is 13.2. The molecule has 2 N–H and O–H groups in total. The summed E-state index contributed by atoms with van der Waals surface area (Å²) < 4.78 is 2.55. The molecule has 2 aromatic heterocycles. The third kappa shape index (κ3) is 5.68. The smallest absolute Gasteiger partial charge is 0.232 e. The van der Waals surface area contributed by atoms with Gasteiger partial charge in [0.05, 0.1) is 22.3 Å². The van der Waals surface area contributed by atoms with Gasteiger partial charge in [0, 0.05) is 29.7 Å². The second-order valence-corrected chi connectivity index (χ2v) is 9.82. The Balaban J connectivity index is 1.26. The molecule has 0 spiro atoms. The van der Waals surface area contributed by atoms with Gasteiger partial charge < -0.3 is 10.6 Å². The molecule has 0 bridgehead atoms. The lowest BCUT2D eigenvalue weighted by Crippen LogP contribution is -2.31. The Hall–Kier alpha value is -3.68. The highest BCUT2D eigenvalue weighted by molar-refractivity contribution is 9.10. The molecule has 0 saturated carbocycles. The fourth-order valence-corrected chi connectivity index (χ4v) is 4.85. The molecule has 37 heavy (non-hydrogen) atoms. The van der Waals surface area contributed by atoms with Crippen LogP contribution in [0.1, 0.15) is 23.5 Å². The van der Waals surface area contributed by atoms with E-state index in [1.54, 1.807) is 10.7 Å². The molecule has 0 radical (unpaired) electrons. The number of anilines is 1. The number of benzene rings is 3. The van der Waals surface area contributed by atoms with E-state index in [1.807, 2.05) is 91.0 Å². The molecular formula is C29H25BrClN5O. The molecule has 6 nitrogen and oxygen atoms in total. The number of rotatable bonds is 9. The lowest BCUT2D eigenvalue weighted by atomic mass is 9.90. The molecule has 8 heteroatoms. The average molecular weight is 575 g/mol. The van der Waals surface area contributed by atoms with Gasteiger partial charge in [-0.05, 0) is 39.5 Å². The van der Waals surface area contributed by atoms with Gasteiger partial charge in [-0.1, -0.05) is 90.5 Å². The van der Waals surface area contributed by atoms with E-state index in [4.69, 9.17) is 16.6 Å². The maximum absolute atomic E-state index is 13.2. The number of nitrogens with zero attached hydrogens (tertiary/aromatic N) is 3. The van der Waals surface area contributed by atoms with Gasteiger partial charge in [-0.15, -0.1) is 0 Å². The number of hydrogen-bond acceptors (Lipinski definition) is 4. The molecule has 0 fully saturated rings. The minimum Gasteiger partial charge on any atom is -0.370 e. The Morgan fingerprint density at radius 3 is 2.24 bits per heavy atom. The average Bonchev–Trinajstić information content (AvgIpc) is 3.30. The van der Waals surface area contributed by atoms with Crippen molar-refractivity contribution in [2.24, 2.45) is 0 Å². The molecule has 5 aromatic rings. The van der Waals surface area contributed by atoms with Crippen molar-refractivity contribution in [3.8, 4) is 11.3 Å². The van der Waals surface area contributed by atoms with Crippen LogP contribution in [-0.4, -0.2) is 33.6 Å². The second-order valence-electron chi connectivity index (χ2n) is 8.56. The van der Waals surface area contributed by atoms with Crippen molar-refractivity contribution < 1.29 is 4.79 Å². The number of aromatic nitrogens is 3. The first kappa shape index (κ1) is 25.0. The molecule has 2 heterocycles. The fourth-order valence-electron chi connectivity index (χ4n) is 4.27. The molecule has 5 rings (SSSR count). The summed E-state index contributed by atoms with van der Waals surface area (Å²) >= 11 is 9.96. The summed E-state index contributed by atoms with van der Waals surface area (Å²) in [5, 5.41) is 11.6. The van der Waals surface area contributed by atoms with Gasteiger partial charge in [-0.25, -0.2) is 4.98 Å². The summed E-state index contributed by atoms with van der Waals surface area (Å²) in [6.45, 7) is 1.18. The van der Waals surface area contributed by atoms with E-state index in [2.05, 4.69) is 31.7 Å². The first-order valence-corrected chi connectivity index (χ1v) is 13.2. The number of nitrogens with one attached hydrogen (secondary N) is 2. The van der Waals surface area contributed by atoms with Gasteiger partial charge in [-0.2, -0.15) is 9.61 Å². The Kier molecular flexibility index (Phi) is 7.82. The zero-order valence-electron chi connectivity index (χ0n) is 19.9. The Labute approximate surface area is 228 Å². The molecule has 0 saturated heterocycles. The third-order valence-electron chi connectivity index (χ3n) is 6.07. The predicted octanol–water partition coefficient (Wildman–Crippen LogP) is 6.56. The van der Waals surface area contributed by atoms with Crippen LogP contribution in [0.4, 0.5) is 5.82 Å². The summed E-state index contributed by atoms with van der Waals surface area (Å²) in [7, 11) is 0. The van der Waals surface area contributed by atoms with Gasteiger partial charge in [0.2, 0.25) is 5.91 Å². The molecule has 0 aliphatic heterocycles. The van der Waals surface area contributed by atoms with Crippen molar-refractivity contribution in [2.75, 3.05) is 18.4 Å². The highest BCUT2D eigenvalue weighted by Gasteiger charge is 2.22. The van der Waals surface area contributed by atoms with Crippen molar-refractivity contribution in [3.05, 3.63) is 118 Å². The lowest BCUT2D eigenvalue weighted by molar-refractivity contribution is -0.121. The van der Waals surface area contributed by atoms with E-state index in [-0.39, 0.29) is 11.8 Å². The van der Waals surface area contributed by atoms with Crippen LogP contribution in [0.3, 0.4) is 0 Å². The van der Waals surface area contributed by atoms with E-state index in [9.17, 15) is 4.79 Å². The van der Waals surface area contributed by atoms with Crippen LogP contribution in [0.15, 0.2) is 102 Å². The number of amides is 1. The summed E-state index contributed by atoms with van der Waals surface area (Å²) in [6.07, 6.45) is 2.45. The standard InChI is InChI=1S/C29H25BrClN5O/c30-23-19-34-36-26(18-25(35-28(23)36)22-14-7-8-15-24(22)31)32-16-9-17-33-29(37)27(20-10-3-1-4-11-20)21-12-5-2-6-13-21/h1-8,10-15,18-19,27,32H,9,16-17H2,(H,33,37). The molecule has 3 aromatic carbocycles. The molecule has 0 atom stereocenters. The minimum atomic E-state index is -0.352. The van der Waals surface area contributed by atoms with Crippen LogP contribution in [0.25, 0.3) is 16.9 Å². The summed E-state index contributed by atoms with van der Waals surface area (Å²) in [5.74, 6) is 0.430. The number of carbonyl (C=O) groups excluding carboxylic acids is 1. The second kappa shape index (κ2) is 11.6. The Bertz CT molecular complexity index is 1470. The highest BCUT2D eigenvalue weighted by atomic mass is 79.9. The summed E-state index contributed by atoms with van der Waals surface area (Å²) in [4.78, 5) is 18.0. The zero-order valence-corrected chi connectivity index (χ0v) is 22.3. The Morgan fingerprint density at radius 2 is 1.57 bits per heavy atom. The first-order valence-electron chi connectivity index (χ1n) is 12.0. The SMILES string of the molecule is O=C(NCCCNc1cc(-c2ccccc2Cl)nc2c(Br)cnn12)C(c1ccccc1)c1ccccc1. The molecule has 0 aliphatic rings. The number of carbonyl (C=O) groups is 1. The minimum absolute atomic E-state index is 0.0132. The van der Waals surface area contributed by atoms with E-state index < -0.39 is 0 Å². The quantitative estimate of drug-likeness (QED) is 0.196. The summed E-state index contributed by atoms with van der Waals surface area (Å²) in [5.41, 5.74) is 4.24. The monoisotopic (exact) mass is 573 g/mol. The molecule has 1 amide bonds. The molecule has 0 aliphatic carbocycles. The van der Waals surface area contributed by atoms with Gasteiger partial charge in [0.25, 0.3) is 0 Å². The highest BCUT2D eigenvalue weighted by Crippen LogP contribution is 2.30. The van der Waals surface area contributed by atoms with Crippen LogP contribution in [0.2, 0.25) is 5.02 Å². The van der Waals surface area contributed by atoms with Crippen LogP contribution in [0.5, 0.6) is 0 Å². The lowest BCUT2D eigenvalue weighted by Gasteiger charge is -2.18. The van der Waals surface area contributed by atoms with Crippen molar-refractivity contribution in [2.45, 2.75) is 12.3 Å². The van der Waals surface area contributed by atoms with Crippen LogP contribution in [-0.2, 0) is 4.79 Å². The van der Waals surface area contributed by atoms with Crippen molar-refractivity contribution in [1.82, 2.24) is 19.9 Å². The van der Waals surface area contributed by atoms with Crippen LogP contribution >= 0.6 is 27.5 Å². The largest absolute Gasteiger partial charge is 0.370 e. The van der Waals surface area contributed by atoms with Gasteiger partial charge in [0.1, 0.15) is 5.82 Å². The fraction of sp³-hybridized carbons (Fsp3) is 0.138. The molecule has 186 valence electrons. The molecule has 0 unspecified atom stereocenters. The van der Waals surface area contributed by atoms with Gasteiger partial charge >= 0.3 is 0 Å². The number of halogens is 2. The molecular weight excluding hydrogens is 550 g/mol. The van der Waals surface area contributed by atoms with E-state index in [0.717, 1.165) is 39.1 Å². The summed E-state index contributed by atoms with van der Waals surface area (Å²) in [6, 6.07) is 29.3. The maximum Gasteiger partial charge on any atom is 0.232 e.